The van der Waals surface area contributed by atoms with E-state index < -0.39 is 41.7 Å². The molecule has 1 aliphatic rings. The van der Waals surface area contributed by atoms with Crippen molar-refractivity contribution in [1.29, 1.82) is 0 Å². The highest BCUT2D eigenvalue weighted by molar-refractivity contribution is 5.89. The van der Waals surface area contributed by atoms with Gasteiger partial charge in [-0.3, -0.25) is 4.79 Å². The third-order valence-electron chi connectivity index (χ3n) is 7.44. The van der Waals surface area contributed by atoms with Gasteiger partial charge < -0.3 is 30.5 Å². The van der Waals surface area contributed by atoms with Gasteiger partial charge in [-0.1, -0.05) is 78.9 Å². The Morgan fingerprint density at radius 1 is 0.778 bits per heavy atom. The minimum Gasteiger partial charge on any atom is -0.480 e. The molecule has 4 rings (SSSR count). The molecule has 2 atom stereocenters. The number of hydrogen-bond acceptors (Lipinski definition) is 6. The van der Waals surface area contributed by atoms with E-state index in [4.69, 9.17) is 9.47 Å². The number of hydrogen-bond donors (Lipinski definition) is 4. The van der Waals surface area contributed by atoms with Gasteiger partial charge >= 0.3 is 18.2 Å². The number of benzene rings is 3. The number of carboxylic acid groups (broad SMARTS) is 1. The van der Waals surface area contributed by atoms with Gasteiger partial charge in [0.25, 0.3) is 0 Å². The summed E-state index contributed by atoms with van der Waals surface area (Å²) in [7, 11) is 0. The van der Waals surface area contributed by atoms with E-state index in [1.807, 2.05) is 78.9 Å². The number of rotatable bonds is 13. The maximum atomic E-state index is 13.4. The molecule has 4 N–H and O–H groups in total. The van der Waals surface area contributed by atoms with E-state index in [-0.39, 0.29) is 25.4 Å². The second kappa shape index (κ2) is 15.2. The van der Waals surface area contributed by atoms with Crippen molar-refractivity contribution < 1.29 is 33.8 Å². The average molecular weight is 616 g/mol. The molecular formula is C35H41N3O7. The summed E-state index contributed by atoms with van der Waals surface area (Å²) in [6.07, 6.45) is -0.120. The van der Waals surface area contributed by atoms with Gasteiger partial charge in [-0.2, -0.15) is 0 Å². The molecule has 45 heavy (non-hydrogen) atoms. The van der Waals surface area contributed by atoms with Gasteiger partial charge in [0.05, 0.1) is 0 Å². The van der Waals surface area contributed by atoms with Crippen LogP contribution in [0.5, 0.6) is 0 Å². The molecule has 0 aliphatic heterocycles. The molecule has 0 bridgehead atoms. The molecule has 0 spiro atoms. The predicted octanol–water partition coefficient (Wildman–Crippen LogP) is 5.40. The monoisotopic (exact) mass is 615 g/mol. The van der Waals surface area contributed by atoms with Crippen LogP contribution in [0.25, 0.3) is 11.1 Å². The zero-order valence-electron chi connectivity index (χ0n) is 25.9. The number of amides is 3. The lowest BCUT2D eigenvalue weighted by molar-refractivity contribution is -0.142. The maximum absolute atomic E-state index is 13.4. The Kier molecular flexibility index (Phi) is 11.2. The first-order valence-electron chi connectivity index (χ1n) is 15.2. The van der Waals surface area contributed by atoms with Crippen LogP contribution in [-0.2, 0) is 25.5 Å². The Bertz CT molecular complexity index is 1440. The van der Waals surface area contributed by atoms with Crippen LogP contribution in [-0.4, -0.2) is 60.0 Å². The Balaban J connectivity index is 1.35. The molecular weight excluding hydrogens is 574 g/mol. The van der Waals surface area contributed by atoms with Gasteiger partial charge in [-0.25, -0.2) is 14.4 Å². The summed E-state index contributed by atoms with van der Waals surface area (Å²) in [5.74, 6) is -1.97. The molecule has 10 nitrogen and oxygen atoms in total. The molecule has 0 heterocycles. The summed E-state index contributed by atoms with van der Waals surface area (Å²) >= 11 is 0. The van der Waals surface area contributed by atoms with Gasteiger partial charge in [0, 0.05) is 18.9 Å². The molecule has 0 fully saturated rings. The van der Waals surface area contributed by atoms with E-state index in [1.165, 1.54) is 0 Å². The molecule has 0 aromatic heterocycles. The molecule has 0 saturated heterocycles. The number of carboxylic acids is 1. The summed E-state index contributed by atoms with van der Waals surface area (Å²) in [5.41, 5.74) is 4.50. The fraction of sp³-hybridized carbons (Fsp3) is 0.371. The van der Waals surface area contributed by atoms with Crippen LogP contribution in [0.15, 0.2) is 78.9 Å². The number of carbonyl (C=O) groups is 4. The number of nitrogens with one attached hydrogen (secondary N) is 3. The molecule has 3 aromatic rings. The molecule has 3 amide bonds. The lowest BCUT2D eigenvalue weighted by Gasteiger charge is -2.22. The van der Waals surface area contributed by atoms with Crippen molar-refractivity contribution >= 4 is 24.1 Å². The van der Waals surface area contributed by atoms with E-state index in [0.717, 1.165) is 27.8 Å². The number of fused-ring (bicyclic) bond motifs is 3. The van der Waals surface area contributed by atoms with Crippen LogP contribution in [0.4, 0.5) is 9.59 Å². The van der Waals surface area contributed by atoms with Crippen molar-refractivity contribution in [2.45, 2.75) is 70.1 Å². The Morgan fingerprint density at radius 3 is 1.98 bits per heavy atom. The Morgan fingerprint density at radius 2 is 1.38 bits per heavy atom. The normalized spacial score (nSPS) is 13.5. The van der Waals surface area contributed by atoms with Crippen LogP contribution in [0.2, 0.25) is 0 Å². The quantitative estimate of drug-likeness (QED) is 0.189. The Hall–Kier alpha value is -4.86. The first-order chi connectivity index (χ1) is 21.5. The number of unbranched alkanes of at least 4 members (excludes halogenated alkanes) is 1. The summed E-state index contributed by atoms with van der Waals surface area (Å²) in [5, 5.41) is 17.7. The number of ether oxygens (including phenoxy) is 2. The van der Waals surface area contributed by atoms with Gasteiger partial charge in [-0.05, 0) is 67.9 Å². The molecule has 0 saturated carbocycles. The third-order valence-corrected chi connectivity index (χ3v) is 7.44. The first kappa shape index (κ1) is 33.0. The molecule has 3 aromatic carbocycles. The zero-order valence-corrected chi connectivity index (χ0v) is 25.9. The molecule has 10 heteroatoms. The summed E-state index contributed by atoms with van der Waals surface area (Å²) in [4.78, 5) is 50.3. The number of alkyl carbamates (subject to hydrolysis) is 2. The van der Waals surface area contributed by atoms with Crippen molar-refractivity contribution in [3.05, 3.63) is 95.6 Å². The largest absolute Gasteiger partial charge is 0.480 e. The minimum absolute atomic E-state index is 0.0780. The van der Waals surface area contributed by atoms with Crippen molar-refractivity contribution in [2.24, 2.45) is 0 Å². The van der Waals surface area contributed by atoms with Crippen LogP contribution >= 0.6 is 0 Å². The Labute approximate surface area is 263 Å². The molecule has 0 radical (unpaired) electrons. The van der Waals surface area contributed by atoms with Gasteiger partial charge in [0.15, 0.2) is 0 Å². The van der Waals surface area contributed by atoms with Crippen molar-refractivity contribution in [2.75, 3.05) is 13.2 Å². The van der Waals surface area contributed by atoms with Gasteiger partial charge in [-0.15, -0.1) is 0 Å². The van der Waals surface area contributed by atoms with Crippen LogP contribution in [0.1, 0.15) is 62.6 Å². The summed E-state index contributed by atoms with van der Waals surface area (Å²) in [6.45, 7) is 5.67. The molecule has 1 aliphatic carbocycles. The molecule has 238 valence electrons. The van der Waals surface area contributed by atoms with Crippen LogP contribution < -0.4 is 16.0 Å². The lowest BCUT2D eigenvalue weighted by atomic mass is 9.98. The highest BCUT2D eigenvalue weighted by Crippen LogP contribution is 2.44. The fourth-order valence-corrected chi connectivity index (χ4v) is 5.35. The predicted molar refractivity (Wildman–Crippen MR) is 170 cm³/mol. The number of carbonyl (C=O) groups excluding carboxylic acids is 3. The summed E-state index contributed by atoms with van der Waals surface area (Å²) < 4.78 is 10.9. The second-order valence-corrected chi connectivity index (χ2v) is 12.0. The SMILES string of the molecule is CC(C)(C)OC(=O)NCCCCC(NC(=O)C(Cc1ccccc1)NC(=O)OCC1c2ccccc2-c2ccccc21)C(=O)O. The third kappa shape index (κ3) is 9.56. The molecule has 2 unspecified atom stereocenters. The fourth-order valence-electron chi connectivity index (χ4n) is 5.35. The lowest BCUT2D eigenvalue weighted by Crippen LogP contribution is -2.52. The number of aliphatic carboxylic acids is 1. The van der Waals surface area contributed by atoms with Crippen LogP contribution in [0.3, 0.4) is 0 Å². The average Bonchev–Trinajstić information content (AvgIpc) is 3.32. The first-order valence-corrected chi connectivity index (χ1v) is 15.2. The van der Waals surface area contributed by atoms with Crippen molar-refractivity contribution in [1.82, 2.24) is 16.0 Å². The van der Waals surface area contributed by atoms with Crippen LogP contribution in [0, 0.1) is 0 Å². The highest BCUT2D eigenvalue weighted by atomic mass is 16.6. The van der Waals surface area contributed by atoms with E-state index in [2.05, 4.69) is 16.0 Å². The van der Waals surface area contributed by atoms with E-state index >= 15 is 0 Å². The van der Waals surface area contributed by atoms with Crippen molar-refractivity contribution in [3.63, 3.8) is 0 Å². The topological polar surface area (TPSA) is 143 Å². The highest BCUT2D eigenvalue weighted by Gasteiger charge is 2.31. The second-order valence-electron chi connectivity index (χ2n) is 12.0. The van der Waals surface area contributed by atoms with Gasteiger partial charge in [0.1, 0.15) is 24.3 Å². The summed E-state index contributed by atoms with van der Waals surface area (Å²) in [6, 6.07) is 22.9. The smallest absolute Gasteiger partial charge is 0.407 e. The maximum Gasteiger partial charge on any atom is 0.407 e. The van der Waals surface area contributed by atoms with Gasteiger partial charge in [0.2, 0.25) is 5.91 Å². The van der Waals surface area contributed by atoms with E-state index in [0.29, 0.717) is 19.4 Å². The standard InChI is InChI=1S/C35H41N3O7/c1-35(2,3)45-33(42)36-20-12-11-19-29(32(40)41)37-31(39)30(21-23-13-5-4-6-14-23)38-34(43)44-22-28-26-17-9-7-15-24(26)25-16-8-10-18-27(25)28/h4-10,13-18,28-30H,11-12,19-22H2,1-3H3,(H,36,42)(H,37,39)(H,38,43)(H,40,41). The zero-order chi connectivity index (χ0) is 32.4. The van der Waals surface area contributed by atoms with Crippen molar-refractivity contribution in [3.8, 4) is 11.1 Å². The van der Waals surface area contributed by atoms with E-state index in [1.54, 1.807) is 20.8 Å². The minimum atomic E-state index is -1.19. The van der Waals surface area contributed by atoms with E-state index in [9.17, 15) is 24.3 Å².